The van der Waals surface area contributed by atoms with Crippen LogP contribution in [0.5, 0.6) is 0 Å². The normalized spacial score (nSPS) is 17.4. The summed E-state index contributed by atoms with van der Waals surface area (Å²) in [7, 11) is 0. The number of carbonyl (C=O) groups is 4. The molecule has 10 heteroatoms. The van der Waals surface area contributed by atoms with Gasteiger partial charge in [0.05, 0.1) is 0 Å². The van der Waals surface area contributed by atoms with Crippen LogP contribution < -0.4 is 16.1 Å². The average Bonchev–Trinajstić information content (AvgIpc) is 3.26. The topological polar surface area (TPSA) is 137 Å². The number of hydrogen-bond acceptors (Lipinski definition) is 6. The molecule has 0 spiro atoms. The summed E-state index contributed by atoms with van der Waals surface area (Å²) < 4.78 is 5.15. The van der Waals surface area contributed by atoms with E-state index in [1.165, 1.54) is 11.8 Å². The summed E-state index contributed by atoms with van der Waals surface area (Å²) in [6, 6.07) is 6.60. The number of ether oxygens (including phenoxy) is 1. The van der Waals surface area contributed by atoms with Crippen molar-refractivity contribution in [3.63, 3.8) is 0 Å². The van der Waals surface area contributed by atoms with Crippen LogP contribution in [0.2, 0.25) is 0 Å². The smallest absolute Gasteiger partial charge is 0.408 e. The van der Waals surface area contributed by atoms with Crippen LogP contribution in [-0.4, -0.2) is 58.6 Å². The Morgan fingerprint density at radius 1 is 1.12 bits per heavy atom. The van der Waals surface area contributed by atoms with E-state index in [0.717, 1.165) is 5.56 Å². The van der Waals surface area contributed by atoms with Gasteiger partial charge in [0.2, 0.25) is 11.8 Å². The number of nitrogens with zero attached hydrogens (tertiary/aromatic N) is 1. The number of carbonyl (C=O) groups excluding carboxylic acids is 4. The molecule has 1 aliphatic heterocycles. The molecule has 1 saturated heterocycles. The highest BCUT2D eigenvalue weighted by atomic mass is 16.5. The summed E-state index contributed by atoms with van der Waals surface area (Å²) in [4.78, 5) is 51.0. The SMILES string of the molecule is CC(C)C[C@@H](NC(=O)[C@@H]1CCCN1C(=O)[C@H](C)NC(=O)OCc1ccccc1)C(=O)NO. The van der Waals surface area contributed by atoms with Crippen LogP contribution in [0.15, 0.2) is 30.3 Å². The Kier molecular flexibility index (Phi) is 9.45. The lowest BCUT2D eigenvalue weighted by Crippen LogP contribution is -2.55. The van der Waals surface area contributed by atoms with Crippen molar-refractivity contribution in [2.24, 2.45) is 5.92 Å². The Morgan fingerprint density at radius 3 is 2.44 bits per heavy atom. The molecule has 1 aliphatic rings. The van der Waals surface area contributed by atoms with Gasteiger partial charge in [-0.05, 0) is 37.7 Å². The summed E-state index contributed by atoms with van der Waals surface area (Å²) in [5.41, 5.74) is 2.39. The zero-order valence-electron chi connectivity index (χ0n) is 18.7. The lowest BCUT2D eigenvalue weighted by molar-refractivity contribution is -0.141. The first-order valence-corrected chi connectivity index (χ1v) is 10.7. The van der Waals surface area contributed by atoms with Crippen molar-refractivity contribution in [1.29, 1.82) is 0 Å². The number of hydrogen-bond donors (Lipinski definition) is 4. The Bertz CT molecular complexity index is 801. The van der Waals surface area contributed by atoms with Crippen molar-refractivity contribution in [2.75, 3.05) is 6.54 Å². The van der Waals surface area contributed by atoms with Crippen LogP contribution >= 0.6 is 0 Å². The number of nitrogens with one attached hydrogen (secondary N) is 3. The summed E-state index contributed by atoms with van der Waals surface area (Å²) in [5, 5.41) is 14.1. The average molecular weight is 449 g/mol. The van der Waals surface area contributed by atoms with Gasteiger partial charge < -0.3 is 20.3 Å². The Hall–Kier alpha value is -3.14. The second-order valence-electron chi connectivity index (χ2n) is 8.28. The molecule has 0 aliphatic carbocycles. The molecule has 1 fully saturated rings. The van der Waals surface area contributed by atoms with Crippen LogP contribution in [0.3, 0.4) is 0 Å². The predicted octanol–water partition coefficient (Wildman–Crippen LogP) is 1.33. The minimum Gasteiger partial charge on any atom is -0.445 e. The van der Waals surface area contributed by atoms with Gasteiger partial charge >= 0.3 is 6.09 Å². The molecule has 1 aromatic rings. The van der Waals surface area contributed by atoms with Gasteiger partial charge in [0, 0.05) is 6.54 Å². The molecule has 0 bridgehead atoms. The number of benzene rings is 1. The maximum atomic E-state index is 12.9. The molecule has 10 nitrogen and oxygen atoms in total. The van der Waals surface area contributed by atoms with Gasteiger partial charge in [0.15, 0.2) is 0 Å². The number of rotatable bonds is 9. The molecular formula is C22H32N4O6. The highest BCUT2D eigenvalue weighted by Crippen LogP contribution is 2.19. The van der Waals surface area contributed by atoms with E-state index in [4.69, 9.17) is 9.94 Å². The third-order valence-electron chi connectivity index (χ3n) is 5.21. The Labute approximate surface area is 187 Å². The van der Waals surface area contributed by atoms with Crippen molar-refractivity contribution in [2.45, 2.75) is 64.8 Å². The van der Waals surface area contributed by atoms with Crippen LogP contribution in [0, 0.1) is 5.92 Å². The summed E-state index contributed by atoms with van der Waals surface area (Å²) >= 11 is 0. The summed E-state index contributed by atoms with van der Waals surface area (Å²) in [6.07, 6.45) is 0.671. The van der Waals surface area contributed by atoms with Crippen molar-refractivity contribution in [3.8, 4) is 0 Å². The largest absolute Gasteiger partial charge is 0.445 e. The van der Waals surface area contributed by atoms with Crippen molar-refractivity contribution >= 4 is 23.8 Å². The first-order chi connectivity index (χ1) is 15.2. The molecular weight excluding hydrogens is 416 g/mol. The Balaban J connectivity index is 1.92. The van der Waals surface area contributed by atoms with Crippen molar-refractivity contribution in [3.05, 3.63) is 35.9 Å². The van der Waals surface area contributed by atoms with Gasteiger partial charge in [0.1, 0.15) is 24.7 Å². The van der Waals surface area contributed by atoms with Gasteiger partial charge in [-0.25, -0.2) is 10.3 Å². The Morgan fingerprint density at radius 2 is 1.81 bits per heavy atom. The maximum absolute atomic E-state index is 12.9. The molecule has 32 heavy (non-hydrogen) atoms. The van der Waals surface area contributed by atoms with E-state index >= 15 is 0 Å². The molecule has 4 amide bonds. The molecule has 0 radical (unpaired) electrons. The molecule has 0 unspecified atom stereocenters. The number of amides is 4. The van der Waals surface area contributed by atoms with Crippen molar-refractivity contribution < 1.29 is 29.1 Å². The first kappa shape index (κ1) is 25.1. The van der Waals surface area contributed by atoms with Gasteiger partial charge in [0.25, 0.3) is 5.91 Å². The van der Waals surface area contributed by atoms with E-state index in [9.17, 15) is 19.2 Å². The fourth-order valence-corrected chi connectivity index (χ4v) is 3.60. The van der Waals surface area contributed by atoms with E-state index in [-0.39, 0.29) is 12.5 Å². The fourth-order valence-electron chi connectivity index (χ4n) is 3.60. The van der Waals surface area contributed by atoms with E-state index < -0.39 is 41.9 Å². The third kappa shape index (κ3) is 7.23. The fraction of sp³-hybridized carbons (Fsp3) is 0.545. The van der Waals surface area contributed by atoms with Crippen molar-refractivity contribution in [1.82, 2.24) is 21.0 Å². The molecule has 0 saturated carbocycles. The molecule has 4 N–H and O–H groups in total. The summed E-state index contributed by atoms with van der Waals surface area (Å²) in [5.74, 6) is -1.49. The van der Waals surface area contributed by atoms with E-state index in [1.54, 1.807) is 5.48 Å². The molecule has 1 heterocycles. The molecule has 2 rings (SSSR count). The number of hydroxylamine groups is 1. The molecule has 0 aromatic heterocycles. The number of likely N-dealkylation sites (tertiary alicyclic amines) is 1. The van der Waals surface area contributed by atoms with Gasteiger partial charge in [-0.15, -0.1) is 0 Å². The zero-order chi connectivity index (χ0) is 23.7. The monoisotopic (exact) mass is 448 g/mol. The van der Waals surface area contributed by atoms with E-state index in [2.05, 4.69) is 10.6 Å². The van der Waals surface area contributed by atoms with Gasteiger partial charge in [-0.2, -0.15) is 0 Å². The lowest BCUT2D eigenvalue weighted by atomic mass is 10.0. The predicted molar refractivity (Wildman–Crippen MR) is 115 cm³/mol. The quantitative estimate of drug-likeness (QED) is 0.332. The van der Waals surface area contributed by atoms with Crippen LogP contribution in [0.4, 0.5) is 4.79 Å². The molecule has 1 aromatic carbocycles. The first-order valence-electron chi connectivity index (χ1n) is 10.7. The van der Waals surface area contributed by atoms with Crippen LogP contribution in [0.1, 0.15) is 45.6 Å². The highest BCUT2D eigenvalue weighted by molar-refractivity contribution is 5.94. The third-order valence-corrected chi connectivity index (χ3v) is 5.21. The minimum atomic E-state index is -0.909. The van der Waals surface area contributed by atoms with Crippen LogP contribution in [-0.2, 0) is 25.7 Å². The van der Waals surface area contributed by atoms with Gasteiger partial charge in [-0.1, -0.05) is 44.2 Å². The second-order valence-corrected chi connectivity index (χ2v) is 8.28. The summed E-state index contributed by atoms with van der Waals surface area (Å²) in [6.45, 7) is 5.74. The van der Waals surface area contributed by atoms with E-state index in [1.807, 2.05) is 44.2 Å². The minimum absolute atomic E-state index is 0.0759. The molecule has 176 valence electrons. The molecule has 3 atom stereocenters. The maximum Gasteiger partial charge on any atom is 0.408 e. The van der Waals surface area contributed by atoms with Crippen LogP contribution in [0.25, 0.3) is 0 Å². The zero-order valence-corrected chi connectivity index (χ0v) is 18.7. The standard InChI is InChI=1S/C22H32N4O6/c1-14(2)12-17(19(27)25-31)24-20(28)18-10-7-11-26(18)21(29)15(3)23-22(30)32-13-16-8-5-4-6-9-16/h4-6,8-9,14-15,17-18,31H,7,10-13H2,1-3H3,(H,23,30)(H,24,28)(H,25,27)/t15-,17+,18-/m0/s1. The second kappa shape index (κ2) is 12.0. The van der Waals surface area contributed by atoms with E-state index in [0.29, 0.717) is 25.8 Å². The highest BCUT2D eigenvalue weighted by Gasteiger charge is 2.37. The van der Waals surface area contributed by atoms with Gasteiger partial charge in [-0.3, -0.25) is 19.6 Å². The lowest BCUT2D eigenvalue weighted by Gasteiger charge is -2.28. The number of alkyl carbamates (subject to hydrolysis) is 1.